The molecular weight excluding hydrogens is 220 g/mol. The van der Waals surface area contributed by atoms with Crippen LogP contribution in [0.25, 0.3) is 0 Å². The van der Waals surface area contributed by atoms with Crippen molar-refractivity contribution in [1.29, 1.82) is 0 Å². The zero-order valence-corrected chi connectivity index (χ0v) is 10.1. The molecule has 0 saturated heterocycles. The van der Waals surface area contributed by atoms with Gasteiger partial charge in [0.1, 0.15) is 0 Å². The molecule has 6 N–H and O–H groups in total. The second kappa shape index (κ2) is 6.56. The fourth-order valence-corrected chi connectivity index (χ4v) is 2.46. The van der Waals surface area contributed by atoms with Crippen LogP contribution in [0.5, 0.6) is 0 Å². The van der Waals surface area contributed by atoms with Crippen LogP contribution in [-0.2, 0) is 9.59 Å². The van der Waals surface area contributed by atoms with Gasteiger partial charge < -0.3 is 17.2 Å². The first-order valence-electron chi connectivity index (χ1n) is 6.07. The smallest absolute Gasteiger partial charge is 0.231 e. The number of rotatable bonds is 5. The van der Waals surface area contributed by atoms with E-state index < -0.39 is 11.8 Å². The van der Waals surface area contributed by atoms with Gasteiger partial charge in [-0.3, -0.25) is 14.5 Å². The van der Waals surface area contributed by atoms with Crippen LogP contribution in [0.1, 0.15) is 32.1 Å². The highest BCUT2D eigenvalue weighted by Crippen LogP contribution is 2.21. The number of primary amides is 2. The van der Waals surface area contributed by atoms with Gasteiger partial charge in [0.2, 0.25) is 11.8 Å². The minimum atomic E-state index is -0.456. The SMILES string of the molecule is NC(=O)CN(CC(N)=O)C1CCCCCC1N. The predicted octanol–water partition coefficient (Wildman–Crippen LogP) is -1.08. The quantitative estimate of drug-likeness (QED) is 0.532. The average Bonchev–Trinajstić information content (AvgIpc) is 2.40. The summed E-state index contributed by atoms with van der Waals surface area (Å²) in [5.41, 5.74) is 16.5. The first kappa shape index (κ1) is 13.9. The van der Waals surface area contributed by atoms with Gasteiger partial charge >= 0.3 is 0 Å². The number of hydrogen-bond acceptors (Lipinski definition) is 4. The molecule has 0 aromatic heterocycles. The Morgan fingerprint density at radius 1 is 1.00 bits per heavy atom. The van der Waals surface area contributed by atoms with Crippen LogP contribution < -0.4 is 17.2 Å². The Labute approximate surface area is 101 Å². The maximum atomic E-state index is 11.0. The van der Waals surface area contributed by atoms with Gasteiger partial charge in [-0.2, -0.15) is 0 Å². The van der Waals surface area contributed by atoms with Crippen molar-refractivity contribution in [2.24, 2.45) is 17.2 Å². The largest absolute Gasteiger partial charge is 0.369 e. The third kappa shape index (κ3) is 4.70. The highest BCUT2D eigenvalue weighted by atomic mass is 16.2. The van der Waals surface area contributed by atoms with Crippen molar-refractivity contribution in [2.45, 2.75) is 44.2 Å². The minimum Gasteiger partial charge on any atom is -0.369 e. The number of nitrogens with zero attached hydrogens (tertiary/aromatic N) is 1. The predicted molar refractivity (Wildman–Crippen MR) is 64.8 cm³/mol. The lowest BCUT2D eigenvalue weighted by Crippen LogP contribution is -2.52. The summed E-state index contributed by atoms with van der Waals surface area (Å²) in [5, 5.41) is 0. The van der Waals surface area contributed by atoms with E-state index in [1.807, 2.05) is 0 Å². The van der Waals surface area contributed by atoms with Crippen LogP contribution in [0, 0.1) is 0 Å². The summed E-state index contributed by atoms with van der Waals surface area (Å²) in [5.74, 6) is -0.912. The molecule has 2 atom stereocenters. The molecule has 98 valence electrons. The molecule has 2 unspecified atom stereocenters. The maximum Gasteiger partial charge on any atom is 0.231 e. The van der Waals surface area contributed by atoms with Crippen molar-refractivity contribution in [2.75, 3.05) is 13.1 Å². The van der Waals surface area contributed by atoms with Crippen molar-refractivity contribution in [3.05, 3.63) is 0 Å². The van der Waals surface area contributed by atoms with Crippen molar-refractivity contribution in [1.82, 2.24) is 4.90 Å². The van der Waals surface area contributed by atoms with Crippen molar-refractivity contribution < 1.29 is 9.59 Å². The average molecular weight is 242 g/mol. The van der Waals surface area contributed by atoms with Crippen LogP contribution in [0.4, 0.5) is 0 Å². The van der Waals surface area contributed by atoms with Crippen LogP contribution in [0.2, 0.25) is 0 Å². The van der Waals surface area contributed by atoms with E-state index >= 15 is 0 Å². The van der Waals surface area contributed by atoms with Gasteiger partial charge in [-0.25, -0.2) is 0 Å². The lowest BCUT2D eigenvalue weighted by molar-refractivity contribution is -0.123. The maximum absolute atomic E-state index is 11.0. The monoisotopic (exact) mass is 242 g/mol. The minimum absolute atomic E-state index is 0.0174. The molecule has 6 heteroatoms. The molecule has 2 amide bonds. The Kier molecular flexibility index (Phi) is 5.37. The summed E-state index contributed by atoms with van der Waals surface area (Å²) in [6.45, 7) is 0.0859. The number of amides is 2. The molecule has 17 heavy (non-hydrogen) atoms. The first-order valence-corrected chi connectivity index (χ1v) is 6.07. The normalized spacial score (nSPS) is 25.5. The molecule has 0 aliphatic heterocycles. The van der Waals surface area contributed by atoms with Gasteiger partial charge in [-0.15, -0.1) is 0 Å². The molecule has 0 aromatic rings. The van der Waals surface area contributed by atoms with Crippen LogP contribution in [-0.4, -0.2) is 41.9 Å². The molecule has 0 bridgehead atoms. The zero-order chi connectivity index (χ0) is 12.8. The number of carbonyl (C=O) groups excluding carboxylic acids is 2. The molecule has 1 saturated carbocycles. The Morgan fingerprint density at radius 2 is 1.53 bits per heavy atom. The summed E-state index contributed by atoms with van der Waals surface area (Å²) in [6.07, 6.45) is 5.11. The molecule has 0 spiro atoms. The standard InChI is InChI=1S/C11H22N4O2/c12-8-4-2-1-3-5-9(8)15(6-10(13)16)7-11(14)17/h8-9H,1-7,12H2,(H2,13,16)(H2,14,17). The van der Waals surface area contributed by atoms with E-state index in [1.165, 1.54) is 0 Å². The number of nitrogens with two attached hydrogens (primary N) is 3. The lowest BCUT2D eigenvalue weighted by atomic mass is 10.0. The van der Waals surface area contributed by atoms with E-state index in [1.54, 1.807) is 4.90 Å². The summed E-state index contributed by atoms with van der Waals surface area (Å²) < 4.78 is 0. The molecule has 1 aliphatic carbocycles. The highest BCUT2D eigenvalue weighted by molar-refractivity contribution is 5.79. The van der Waals surface area contributed by atoms with E-state index in [2.05, 4.69) is 0 Å². The third-order valence-electron chi connectivity index (χ3n) is 3.22. The number of carbonyl (C=O) groups is 2. The second-order valence-corrected chi connectivity index (χ2v) is 4.71. The highest BCUT2D eigenvalue weighted by Gasteiger charge is 2.28. The topological polar surface area (TPSA) is 115 Å². The summed E-state index contributed by atoms with van der Waals surface area (Å²) >= 11 is 0. The van der Waals surface area contributed by atoms with E-state index in [0.717, 1.165) is 32.1 Å². The van der Waals surface area contributed by atoms with E-state index in [9.17, 15) is 9.59 Å². The summed E-state index contributed by atoms with van der Waals surface area (Å²) in [7, 11) is 0. The van der Waals surface area contributed by atoms with Gasteiger partial charge in [0, 0.05) is 12.1 Å². The van der Waals surface area contributed by atoms with Crippen molar-refractivity contribution >= 4 is 11.8 Å². The van der Waals surface area contributed by atoms with Gasteiger partial charge in [-0.05, 0) is 12.8 Å². The molecule has 0 radical (unpaired) electrons. The molecule has 0 heterocycles. The Balaban J connectivity index is 2.70. The van der Waals surface area contributed by atoms with Gasteiger partial charge in [0.15, 0.2) is 0 Å². The van der Waals surface area contributed by atoms with Crippen LogP contribution in [0.15, 0.2) is 0 Å². The zero-order valence-electron chi connectivity index (χ0n) is 10.1. The Bertz CT molecular complexity index is 267. The summed E-state index contributed by atoms with van der Waals surface area (Å²) in [4.78, 5) is 23.8. The van der Waals surface area contributed by atoms with Crippen molar-refractivity contribution in [3.8, 4) is 0 Å². The molecule has 1 rings (SSSR count). The molecular formula is C11H22N4O2. The fourth-order valence-electron chi connectivity index (χ4n) is 2.46. The Morgan fingerprint density at radius 3 is 2.06 bits per heavy atom. The van der Waals surface area contributed by atoms with E-state index in [0.29, 0.717) is 0 Å². The van der Waals surface area contributed by atoms with Crippen molar-refractivity contribution in [3.63, 3.8) is 0 Å². The summed E-state index contributed by atoms with van der Waals surface area (Å²) in [6, 6.07) is 0.00806. The number of hydrogen-bond donors (Lipinski definition) is 3. The van der Waals surface area contributed by atoms with Crippen LogP contribution >= 0.6 is 0 Å². The van der Waals surface area contributed by atoms with Gasteiger partial charge in [-0.1, -0.05) is 19.3 Å². The molecule has 6 nitrogen and oxygen atoms in total. The first-order chi connectivity index (χ1) is 8.00. The molecule has 1 aliphatic rings. The Hall–Kier alpha value is -1.14. The van der Waals surface area contributed by atoms with E-state index in [-0.39, 0.29) is 25.2 Å². The van der Waals surface area contributed by atoms with Gasteiger partial charge in [0.25, 0.3) is 0 Å². The molecule has 0 aromatic carbocycles. The second-order valence-electron chi connectivity index (χ2n) is 4.71. The lowest BCUT2D eigenvalue weighted by Gasteiger charge is -2.32. The van der Waals surface area contributed by atoms with Gasteiger partial charge in [0.05, 0.1) is 13.1 Å². The van der Waals surface area contributed by atoms with E-state index in [4.69, 9.17) is 17.2 Å². The third-order valence-corrected chi connectivity index (χ3v) is 3.22. The fraction of sp³-hybridized carbons (Fsp3) is 0.818. The van der Waals surface area contributed by atoms with Crippen LogP contribution in [0.3, 0.4) is 0 Å². The molecule has 1 fully saturated rings.